The summed E-state index contributed by atoms with van der Waals surface area (Å²) in [5.74, 6) is 0.366. The van der Waals surface area contributed by atoms with Gasteiger partial charge < -0.3 is 15.0 Å². The minimum atomic E-state index is -0.179. The predicted octanol–water partition coefficient (Wildman–Crippen LogP) is 1.37. The van der Waals surface area contributed by atoms with Crippen LogP contribution < -0.4 is 10.1 Å². The zero-order valence-corrected chi connectivity index (χ0v) is 14.4. The lowest BCUT2D eigenvalue weighted by atomic mass is 10.1. The van der Waals surface area contributed by atoms with Gasteiger partial charge in [-0.2, -0.15) is 0 Å². The Kier molecular flexibility index (Phi) is 4.53. The summed E-state index contributed by atoms with van der Waals surface area (Å²) in [6.07, 6.45) is 3.60. The number of nitrogens with one attached hydrogen (secondary N) is 1. The SMILES string of the molecule is O=C1COc2cc(C(=O)N3CCN(Cc4ccncc4)CC3)ccc2N1. The Morgan fingerprint density at radius 2 is 1.88 bits per heavy atom. The fourth-order valence-corrected chi connectivity index (χ4v) is 3.25. The van der Waals surface area contributed by atoms with Crippen molar-refractivity contribution >= 4 is 17.5 Å². The first-order valence-corrected chi connectivity index (χ1v) is 8.66. The van der Waals surface area contributed by atoms with Crippen molar-refractivity contribution < 1.29 is 14.3 Å². The highest BCUT2D eigenvalue weighted by Gasteiger charge is 2.24. The Balaban J connectivity index is 1.37. The number of benzene rings is 1. The molecule has 1 aromatic heterocycles. The normalized spacial score (nSPS) is 17.2. The molecule has 0 radical (unpaired) electrons. The van der Waals surface area contributed by atoms with E-state index in [0.717, 1.165) is 19.6 Å². The minimum Gasteiger partial charge on any atom is -0.482 e. The van der Waals surface area contributed by atoms with Gasteiger partial charge in [0.2, 0.25) is 0 Å². The summed E-state index contributed by atoms with van der Waals surface area (Å²) >= 11 is 0. The molecule has 3 heterocycles. The molecule has 2 aliphatic heterocycles. The summed E-state index contributed by atoms with van der Waals surface area (Å²) < 4.78 is 5.40. The topological polar surface area (TPSA) is 74.8 Å². The Morgan fingerprint density at radius 1 is 1.12 bits per heavy atom. The zero-order valence-electron chi connectivity index (χ0n) is 14.4. The number of rotatable bonds is 3. The summed E-state index contributed by atoms with van der Waals surface area (Å²) in [6, 6.07) is 9.20. The fourth-order valence-electron chi connectivity index (χ4n) is 3.25. The van der Waals surface area contributed by atoms with E-state index < -0.39 is 0 Å². The molecule has 2 aromatic rings. The van der Waals surface area contributed by atoms with E-state index in [0.29, 0.717) is 30.1 Å². The molecule has 0 atom stereocenters. The van der Waals surface area contributed by atoms with Gasteiger partial charge in [0, 0.05) is 50.7 Å². The number of piperazine rings is 1. The van der Waals surface area contributed by atoms with Gasteiger partial charge in [0.1, 0.15) is 5.75 Å². The van der Waals surface area contributed by atoms with Gasteiger partial charge in [0.05, 0.1) is 5.69 Å². The average Bonchev–Trinajstić information content (AvgIpc) is 2.68. The molecule has 4 rings (SSSR count). The van der Waals surface area contributed by atoms with Crippen molar-refractivity contribution in [1.82, 2.24) is 14.8 Å². The van der Waals surface area contributed by atoms with Crippen LogP contribution in [0.3, 0.4) is 0 Å². The van der Waals surface area contributed by atoms with Gasteiger partial charge in [-0.15, -0.1) is 0 Å². The van der Waals surface area contributed by atoms with Crippen LogP contribution in [0.2, 0.25) is 0 Å². The first-order valence-electron chi connectivity index (χ1n) is 8.66. The second-order valence-corrected chi connectivity index (χ2v) is 6.47. The first kappa shape index (κ1) is 16.5. The van der Waals surface area contributed by atoms with Crippen LogP contribution in [0.1, 0.15) is 15.9 Å². The molecule has 2 amide bonds. The lowest BCUT2D eigenvalue weighted by Crippen LogP contribution is -2.48. The third-order valence-corrected chi connectivity index (χ3v) is 4.68. The third-order valence-electron chi connectivity index (χ3n) is 4.68. The van der Waals surface area contributed by atoms with Crippen LogP contribution >= 0.6 is 0 Å². The number of aromatic nitrogens is 1. The van der Waals surface area contributed by atoms with Crippen LogP contribution in [0.4, 0.5) is 5.69 Å². The van der Waals surface area contributed by atoms with Crippen molar-refractivity contribution in [2.75, 3.05) is 38.1 Å². The highest BCUT2D eigenvalue weighted by molar-refractivity contribution is 5.99. The number of carbonyl (C=O) groups excluding carboxylic acids is 2. The van der Waals surface area contributed by atoms with E-state index in [2.05, 4.69) is 15.2 Å². The van der Waals surface area contributed by atoms with Crippen molar-refractivity contribution in [2.45, 2.75) is 6.54 Å². The number of amides is 2. The molecule has 7 nitrogen and oxygen atoms in total. The molecule has 1 aromatic carbocycles. The Bertz CT molecular complexity index is 817. The molecule has 134 valence electrons. The Hall–Kier alpha value is -2.93. The number of nitrogens with zero attached hydrogens (tertiary/aromatic N) is 3. The molecule has 1 fully saturated rings. The number of fused-ring (bicyclic) bond motifs is 1. The van der Waals surface area contributed by atoms with Crippen molar-refractivity contribution in [3.63, 3.8) is 0 Å². The monoisotopic (exact) mass is 352 g/mol. The van der Waals surface area contributed by atoms with Gasteiger partial charge in [-0.25, -0.2) is 0 Å². The molecule has 0 aliphatic carbocycles. The molecule has 0 spiro atoms. The van der Waals surface area contributed by atoms with Crippen molar-refractivity contribution in [3.8, 4) is 5.75 Å². The van der Waals surface area contributed by atoms with E-state index in [1.807, 2.05) is 17.0 Å². The number of anilines is 1. The fraction of sp³-hybridized carbons (Fsp3) is 0.316. The lowest BCUT2D eigenvalue weighted by Gasteiger charge is -2.35. The number of ether oxygens (including phenoxy) is 1. The van der Waals surface area contributed by atoms with E-state index in [9.17, 15) is 9.59 Å². The molecule has 0 unspecified atom stereocenters. The van der Waals surface area contributed by atoms with E-state index in [-0.39, 0.29) is 18.4 Å². The van der Waals surface area contributed by atoms with Gasteiger partial charge >= 0.3 is 0 Å². The van der Waals surface area contributed by atoms with E-state index >= 15 is 0 Å². The van der Waals surface area contributed by atoms with E-state index in [4.69, 9.17) is 4.74 Å². The van der Waals surface area contributed by atoms with Gasteiger partial charge in [0.25, 0.3) is 11.8 Å². The number of carbonyl (C=O) groups is 2. The Morgan fingerprint density at radius 3 is 2.65 bits per heavy atom. The summed E-state index contributed by atoms with van der Waals surface area (Å²) in [4.78, 5) is 32.3. The van der Waals surface area contributed by atoms with Gasteiger partial charge in [0.15, 0.2) is 6.61 Å². The number of hydrogen-bond acceptors (Lipinski definition) is 5. The van der Waals surface area contributed by atoms with Crippen LogP contribution in [0.5, 0.6) is 5.75 Å². The van der Waals surface area contributed by atoms with E-state index in [1.165, 1.54) is 5.56 Å². The van der Waals surface area contributed by atoms with Crippen molar-refractivity contribution in [1.29, 1.82) is 0 Å². The molecule has 1 saturated heterocycles. The van der Waals surface area contributed by atoms with Gasteiger partial charge in [-0.1, -0.05) is 0 Å². The molecular weight excluding hydrogens is 332 g/mol. The van der Waals surface area contributed by atoms with E-state index in [1.54, 1.807) is 30.6 Å². The maximum Gasteiger partial charge on any atom is 0.262 e. The first-order chi connectivity index (χ1) is 12.7. The Labute approximate surface area is 151 Å². The van der Waals surface area contributed by atoms with Crippen LogP contribution in [0, 0.1) is 0 Å². The number of hydrogen-bond donors (Lipinski definition) is 1. The quantitative estimate of drug-likeness (QED) is 0.903. The van der Waals surface area contributed by atoms with Crippen LogP contribution in [0.25, 0.3) is 0 Å². The van der Waals surface area contributed by atoms with Crippen LogP contribution in [-0.2, 0) is 11.3 Å². The summed E-state index contributed by atoms with van der Waals surface area (Å²) in [5.41, 5.74) is 2.43. The molecule has 7 heteroatoms. The maximum atomic E-state index is 12.8. The predicted molar refractivity (Wildman–Crippen MR) is 96.0 cm³/mol. The van der Waals surface area contributed by atoms with Crippen LogP contribution in [-0.4, -0.2) is 59.4 Å². The summed E-state index contributed by atoms with van der Waals surface area (Å²) in [5, 5.41) is 2.73. The van der Waals surface area contributed by atoms with Crippen LogP contribution in [0.15, 0.2) is 42.7 Å². The maximum absolute atomic E-state index is 12.8. The highest BCUT2D eigenvalue weighted by atomic mass is 16.5. The minimum absolute atomic E-state index is 0.00291. The summed E-state index contributed by atoms with van der Waals surface area (Å²) in [7, 11) is 0. The molecular formula is C19H20N4O3. The second-order valence-electron chi connectivity index (χ2n) is 6.47. The second kappa shape index (κ2) is 7.13. The molecule has 1 N–H and O–H groups in total. The third kappa shape index (κ3) is 3.52. The molecule has 0 saturated carbocycles. The highest BCUT2D eigenvalue weighted by Crippen LogP contribution is 2.29. The van der Waals surface area contributed by atoms with Crippen molar-refractivity contribution in [3.05, 3.63) is 53.9 Å². The van der Waals surface area contributed by atoms with Gasteiger partial charge in [-0.3, -0.25) is 19.5 Å². The zero-order chi connectivity index (χ0) is 17.9. The van der Waals surface area contributed by atoms with Crippen molar-refractivity contribution in [2.24, 2.45) is 0 Å². The molecule has 0 bridgehead atoms. The van der Waals surface area contributed by atoms with Gasteiger partial charge in [-0.05, 0) is 35.9 Å². The standard InChI is InChI=1S/C19H20N4O3/c24-18-13-26-17-11-15(1-2-16(17)21-18)19(25)23-9-7-22(8-10-23)12-14-3-5-20-6-4-14/h1-6,11H,7-10,12-13H2,(H,21,24). The summed E-state index contributed by atoms with van der Waals surface area (Å²) in [6.45, 7) is 3.92. The molecule has 26 heavy (non-hydrogen) atoms. The number of pyridine rings is 1. The largest absolute Gasteiger partial charge is 0.482 e. The lowest BCUT2D eigenvalue weighted by molar-refractivity contribution is -0.118. The average molecular weight is 352 g/mol. The molecule has 2 aliphatic rings. The smallest absolute Gasteiger partial charge is 0.262 e.